The lowest BCUT2D eigenvalue weighted by Gasteiger charge is -2.29. The molecule has 0 bridgehead atoms. The average molecular weight is 474 g/mol. The molecule has 2 aromatic rings. The Kier molecular flexibility index (Phi) is 6.86. The number of nitrogens with one attached hydrogen (secondary N) is 2. The Balaban J connectivity index is 1.66. The first-order chi connectivity index (χ1) is 15.5. The number of hydrogen-bond donors (Lipinski definition) is 2. The molecule has 4 rings (SSSR count). The highest BCUT2D eigenvalue weighted by Gasteiger charge is 2.34. The zero-order valence-electron chi connectivity index (χ0n) is 17.6. The van der Waals surface area contributed by atoms with Gasteiger partial charge >= 0.3 is 12.0 Å². The molecule has 2 N–H and O–H groups in total. The molecule has 168 valence electrons. The minimum atomic E-state index is -0.649. The normalized spacial score (nSPS) is 18.2. The van der Waals surface area contributed by atoms with E-state index in [0.717, 1.165) is 29.4 Å². The number of ether oxygens (including phenoxy) is 1. The molecule has 8 nitrogen and oxygen atoms in total. The van der Waals surface area contributed by atoms with Crippen molar-refractivity contribution >= 4 is 35.4 Å². The molecular weight excluding hydrogens is 450 g/mol. The van der Waals surface area contributed by atoms with Gasteiger partial charge in [-0.15, -0.1) is 16.8 Å². The van der Waals surface area contributed by atoms with Crippen molar-refractivity contribution in [3.63, 3.8) is 0 Å². The highest BCUT2D eigenvalue weighted by atomic mass is 35.5. The maximum Gasteiger partial charge on any atom is 0.338 e. The molecular formula is C22H24ClN5O3S. The molecule has 10 heteroatoms. The molecule has 1 saturated carbocycles. The van der Waals surface area contributed by atoms with Crippen LogP contribution in [0.5, 0.6) is 0 Å². The molecule has 1 aromatic carbocycles. The van der Waals surface area contributed by atoms with E-state index in [1.807, 2.05) is 10.6 Å². The highest BCUT2D eigenvalue weighted by Crippen LogP contribution is 2.40. The summed E-state index contributed by atoms with van der Waals surface area (Å²) in [7, 11) is 0. The predicted octanol–water partition coefficient (Wildman–Crippen LogP) is 3.96. The van der Waals surface area contributed by atoms with Crippen molar-refractivity contribution in [3.05, 3.63) is 64.6 Å². The lowest BCUT2D eigenvalue weighted by molar-refractivity contribution is -0.139. The molecule has 1 unspecified atom stereocenters. The van der Waals surface area contributed by atoms with E-state index >= 15 is 0 Å². The topological polar surface area (TPSA) is 98.1 Å². The van der Waals surface area contributed by atoms with Crippen LogP contribution in [0.25, 0.3) is 0 Å². The smallest absolute Gasteiger partial charge is 0.338 e. The van der Waals surface area contributed by atoms with Crippen molar-refractivity contribution in [3.8, 4) is 0 Å². The molecule has 0 radical (unpaired) electrons. The van der Waals surface area contributed by atoms with Crippen LogP contribution in [0.1, 0.15) is 43.1 Å². The molecule has 2 aliphatic rings. The number of rotatable bonds is 9. The molecule has 1 atom stereocenters. The van der Waals surface area contributed by atoms with Gasteiger partial charge in [0, 0.05) is 28.9 Å². The highest BCUT2D eigenvalue weighted by molar-refractivity contribution is 7.99. The monoisotopic (exact) mass is 473 g/mol. The van der Waals surface area contributed by atoms with Gasteiger partial charge < -0.3 is 19.9 Å². The minimum Gasteiger partial charge on any atom is -0.463 e. The fraction of sp³-hybridized carbons (Fsp3) is 0.364. The average Bonchev–Trinajstić information content (AvgIpc) is 3.54. The molecule has 1 aliphatic carbocycles. The number of amides is 2. The van der Waals surface area contributed by atoms with Crippen LogP contribution in [0.3, 0.4) is 0 Å². The standard InChI is InChI=1S/C22H24ClN5O3S/c1-3-11-28-19(14-5-6-14)26-27-22(28)32-12-16-17(20(29)31-4-2)18(25-21(30)24-16)13-7-9-15(23)10-8-13/h3,7-10,14,18H,1,4-6,11-12H2,2H3,(H2,24,25,30). The number of urea groups is 1. The SMILES string of the molecule is C=CCn1c(SCC2=C(C(=O)OCC)C(c3ccc(Cl)cc3)NC(=O)N2)nnc1C1CC1. The Hall–Kier alpha value is -2.78. The third kappa shape index (κ3) is 4.83. The van der Waals surface area contributed by atoms with Gasteiger partial charge in [0.05, 0.1) is 18.2 Å². The van der Waals surface area contributed by atoms with Crippen molar-refractivity contribution < 1.29 is 14.3 Å². The van der Waals surface area contributed by atoms with Gasteiger partial charge in [0.2, 0.25) is 0 Å². The van der Waals surface area contributed by atoms with Crippen LogP contribution in [0.15, 0.2) is 53.3 Å². The van der Waals surface area contributed by atoms with E-state index in [0.29, 0.717) is 34.5 Å². The maximum atomic E-state index is 12.9. The molecule has 0 saturated heterocycles. The van der Waals surface area contributed by atoms with E-state index in [1.54, 1.807) is 31.2 Å². The predicted molar refractivity (Wildman–Crippen MR) is 122 cm³/mol. The van der Waals surface area contributed by atoms with Crippen LogP contribution in [0, 0.1) is 0 Å². The van der Waals surface area contributed by atoms with Gasteiger partial charge in [-0.25, -0.2) is 9.59 Å². The second-order valence-electron chi connectivity index (χ2n) is 7.50. The Morgan fingerprint density at radius 3 is 2.75 bits per heavy atom. The molecule has 1 aromatic heterocycles. The lowest BCUT2D eigenvalue weighted by Crippen LogP contribution is -2.46. The second-order valence-corrected chi connectivity index (χ2v) is 8.88. The van der Waals surface area contributed by atoms with E-state index in [9.17, 15) is 9.59 Å². The van der Waals surface area contributed by atoms with Crippen molar-refractivity contribution in [1.29, 1.82) is 0 Å². The Morgan fingerprint density at radius 1 is 1.34 bits per heavy atom. The van der Waals surface area contributed by atoms with E-state index in [2.05, 4.69) is 27.4 Å². The number of carbonyl (C=O) groups excluding carboxylic acids is 2. The number of benzene rings is 1. The summed E-state index contributed by atoms with van der Waals surface area (Å²) >= 11 is 7.43. The molecule has 0 spiro atoms. The van der Waals surface area contributed by atoms with Gasteiger partial charge in [0.15, 0.2) is 5.16 Å². The van der Waals surface area contributed by atoms with E-state index < -0.39 is 12.0 Å². The summed E-state index contributed by atoms with van der Waals surface area (Å²) in [6, 6.07) is 5.97. The van der Waals surface area contributed by atoms with Crippen LogP contribution < -0.4 is 10.6 Å². The van der Waals surface area contributed by atoms with Gasteiger partial charge in [-0.2, -0.15) is 0 Å². The van der Waals surface area contributed by atoms with Crippen LogP contribution in [0.2, 0.25) is 5.02 Å². The Bertz CT molecular complexity index is 1060. The van der Waals surface area contributed by atoms with E-state index in [1.165, 1.54) is 11.8 Å². The third-order valence-corrected chi connectivity index (χ3v) is 6.44. The summed E-state index contributed by atoms with van der Waals surface area (Å²) < 4.78 is 7.35. The lowest BCUT2D eigenvalue weighted by atomic mass is 9.95. The van der Waals surface area contributed by atoms with Crippen molar-refractivity contribution in [2.24, 2.45) is 0 Å². The maximum absolute atomic E-state index is 12.9. The third-order valence-electron chi connectivity index (χ3n) is 5.20. The second kappa shape index (κ2) is 9.79. The zero-order chi connectivity index (χ0) is 22.7. The van der Waals surface area contributed by atoms with Gasteiger partial charge in [-0.3, -0.25) is 0 Å². The number of aromatic nitrogens is 3. The number of nitrogens with zero attached hydrogens (tertiary/aromatic N) is 3. The Labute approximate surface area is 195 Å². The fourth-order valence-corrected chi connectivity index (χ4v) is 4.62. The van der Waals surface area contributed by atoms with Crippen LogP contribution >= 0.6 is 23.4 Å². The summed E-state index contributed by atoms with van der Waals surface area (Å²) in [5, 5.41) is 15.6. The number of esters is 1. The molecule has 32 heavy (non-hydrogen) atoms. The van der Waals surface area contributed by atoms with Gasteiger partial charge in [-0.1, -0.05) is 41.6 Å². The van der Waals surface area contributed by atoms with Crippen molar-refractivity contribution in [2.45, 2.75) is 43.4 Å². The summed E-state index contributed by atoms with van der Waals surface area (Å²) in [6.07, 6.45) is 4.04. The van der Waals surface area contributed by atoms with Crippen molar-refractivity contribution in [2.75, 3.05) is 12.4 Å². The number of allylic oxidation sites excluding steroid dienone is 1. The summed E-state index contributed by atoms with van der Waals surface area (Å²) in [5.41, 5.74) is 1.58. The number of carbonyl (C=O) groups is 2. The molecule has 1 fully saturated rings. The largest absolute Gasteiger partial charge is 0.463 e. The summed E-state index contributed by atoms with van der Waals surface area (Å²) in [4.78, 5) is 25.3. The first-order valence-electron chi connectivity index (χ1n) is 10.4. The van der Waals surface area contributed by atoms with Crippen LogP contribution in [-0.2, 0) is 16.1 Å². The minimum absolute atomic E-state index is 0.225. The zero-order valence-corrected chi connectivity index (χ0v) is 19.2. The van der Waals surface area contributed by atoms with Crippen LogP contribution in [-0.4, -0.2) is 39.1 Å². The van der Waals surface area contributed by atoms with Gasteiger partial charge in [-0.05, 0) is 37.5 Å². The first kappa shape index (κ1) is 22.4. The van der Waals surface area contributed by atoms with Gasteiger partial charge in [0.1, 0.15) is 5.82 Å². The quantitative estimate of drug-likeness (QED) is 0.325. The number of thioether (sulfide) groups is 1. The Morgan fingerprint density at radius 2 is 2.09 bits per heavy atom. The van der Waals surface area contributed by atoms with Crippen molar-refractivity contribution in [1.82, 2.24) is 25.4 Å². The first-order valence-corrected chi connectivity index (χ1v) is 11.8. The van der Waals surface area contributed by atoms with E-state index in [-0.39, 0.29) is 12.6 Å². The fourth-order valence-electron chi connectivity index (χ4n) is 3.57. The molecule has 2 amide bonds. The summed E-state index contributed by atoms with van der Waals surface area (Å²) in [5.74, 6) is 1.24. The number of halogens is 1. The number of hydrogen-bond acceptors (Lipinski definition) is 6. The van der Waals surface area contributed by atoms with E-state index in [4.69, 9.17) is 16.3 Å². The molecule has 2 heterocycles. The molecule has 1 aliphatic heterocycles. The summed E-state index contributed by atoms with van der Waals surface area (Å²) in [6.45, 7) is 6.41. The van der Waals surface area contributed by atoms with Gasteiger partial charge in [0.25, 0.3) is 0 Å². The van der Waals surface area contributed by atoms with Crippen LogP contribution in [0.4, 0.5) is 4.79 Å².